The Morgan fingerprint density at radius 2 is 1.68 bits per heavy atom. The summed E-state index contributed by atoms with van der Waals surface area (Å²) in [4.78, 5) is 40.8. The Kier molecular flexibility index (Phi) is 8.73. The van der Waals surface area contributed by atoms with Crippen LogP contribution in [0.1, 0.15) is 65.8 Å². The molecular formula is C33H35NO6. The fourth-order valence-electron chi connectivity index (χ4n) is 4.66. The lowest BCUT2D eigenvalue weighted by molar-refractivity contribution is -0.132. The minimum Gasteiger partial charge on any atom is -0.507 e. The van der Waals surface area contributed by atoms with Crippen LogP contribution in [-0.2, 0) is 14.3 Å². The second kappa shape index (κ2) is 12.2. The molecule has 0 spiro atoms. The van der Waals surface area contributed by atoms with Crippen LogP contribution in [0.15, 0.2) is 72.3 Å². The molecule has 1 saturated heterocycles. The van der Waals surface area contributed by atoms with Gasteiger partial charge >= 0.3 is 5.97 Å². The number of carbonyl (C=O) groups is 3. The number of ether oxygens (including phenoxy) is 2. The van der Waals surface area contributed by atoms with Gasteiger partial charge in [0.05, 0.1) is 30.4 Å². The number of amides is 1. The number of hydrogen-bond acceptors (Lipinski definition) is 6. The summed E-state index contributed by atoms with van der Waals surface area (Å²) in [6, 6.07) is 18.2. The van der Waals surface area contributed by atoms with Crippen molar-refractivity contribution in [3.63, 3.8) is 0 Å². The Labute approximate surface area is 235 Å². The quantitative estimate of drug-likeness (QED) is 0.143. The van der Waals surface area contributed by atoms with E-state index in [4.69, 9.17) is 9.47 Å². The van der Waals surface area contributed by atoms with E-state index in [0.717, 1.165) is 17.5 Å². The van der Waals surface area contributed by atoms with Gasteiger partial charge in [-0.3, -0.25) is 14.5 Å². The number of rotatable bonds is 9. The summed E-state index contributed by atoms with van der Waals surface area (Å²) in [7, 11) is 0. The van der Waals surface area contributed by atoms with Crippen molar-refractivity contribution in [2.24, 2.45) is 5.92 Å². The lowest BCUT2D eigenvalue weighted by Gasteiger charge is -2.26. The highest BCUT2D eigenvalue weighted by atomic mass is 16.5. The summed E-state index contributed by atoms with van der Waals surface area (Å²) in [5.74, 6) is -1.36. The van der Waals surface area contributed by atoms with Crippen LogP contribution in [0, 0.1) is 19.8 Å². The number of benzene rings is 3. The van der Waals surface area contributed by atoms with Crippen molar-refractivity contribution in [3.05, 3.63) is 100 Å². The predicted octanol–water partition coefficient (Wildman–Crippen LogP) is 6.53. The number of Topliss-reactive ketones (excluding diaryl/α,β-unsaturated/α-hetero) is 1. The highest BCUT2D eigenvalue weighted by Crippen LogP contribution is 2.42. The zero-order chi connectivity index (χ0) is 29.0. The van der Waals surface area contributed by atoms with E-state index in [-0.39, 0.29) is 17.3 Å². The minimum absolute atomic E-state index is 0.00218. The van der Waals surface area contributed by atoms with Crippen molar-refractivity contribution in [1.29, 1.82) is 0 Å². The Hall–Kier alpha value is -4.39. The maximum absolute atomic E-state index is 13.5. The molecule has 0 radical (unpaired) electrons. The molecule has 0 saturated carbocycles. The van der Waals surface area contributed by atoms with E-state index in [1.54, 1.807) is 42.5 Å². The summed E-state index contributed by atoms with van der Waals surface area (Å²) in [5, 5.41) is 11.5. The standard InChI is InChI=1S/C33H35NO6/c1-6-16-39-27-15-12-25(18-22(27)5)30(35)28-29(24-9-7-8-21(4)17-24)34(32(37)31(28)36)26-13-10-23(11-14-26)33(38)40-19-20(2)3/h7-15,17-18,20,29,35H,6,16,19H2,1-5H3/b30-28-. The molecule has 0 aromatic heterocycles. The molecule has 3 aromatic carbocycles. The van der Waals surface area contributed by atoms with Crippen molar-refractivity contribution in [2.75, 3.05) is 18.1 Å². The second-order valence-electron chi connectivity index (χ2n) is 10.5. The zero-order valence-corrected chi connectivity index (χ0v) is 23.6. The molecule has 1 amide bonds. The van der Waals surface area contributed by atoms with Gasteiger partial charge < -0.3 is 14.6 Å². The number of aryl methyl sites for hydroxylation is 2. The number of aliphatic hydroxyl groups is 1. The van der Waals surface area contributed by atoms with E-state index >= 15 is 0 Å². The number of anilines is 1. The number of aliphatic hydroxyl groups excluding tert-OH is 1. The number of nitrogens with zero attached hydrogens (tertiary/aromatic N) is 1. The van der Waals surface area contributed by atoms with Crippen LogP contribution >= 0.6 is 0 Å². The van der Waals surface area contributed by atoms with E-state index in [1.165, 1.54) is 4.90 Å². The van der Waals surface area contributed by atoms with E-state index < -0.39 is 23.7 Å². The molecule has 1 atom stereocenters. The average molecular weight is 542 g/mol. The summed E-state index contributed by atoms with van der Waals surface area (Å²) >= 11 is 0. The van der Waals surface area contributed by atoms with Gasteiger partial charge in [0.1, 0.15) is 11.5 Å². The first-order valence-electron chi connectivity index (χ1n) is 13.5. The first-order chi connectivity index (χ1) is 19.1. The van der Waals surface area contributed by atoms with Gasteiger partial charge in [0.2, 0.25) is 0 Å². The molecule has 0 aliphatic carbocycles. The fourth-order valence-corrected chi connectivity index (χ4v) is 4.66. The molecule has 1 N–H and O–H groups in total. The van der Waals surface area contributed by atoms with Crippen LogP contribution in [0.3, 0.4) is 0 Å². The topological polar surface area (TPSA) is 93.1 Å². The van der Waals surface area contributed by atoms with Gasteiger partial charge in [-0.2, -0.15) is 0 Å². The fraction of sp³-hybridized carbons (Fsp3) is 0.303. The van der Waals surface area contributed by atoms with E-state index in [1.807, 2.05) is 58.9 Å². The Morgan fingerprint density at radius 1 is 0.975 bits per heavy atom. The first kappa shape index (κ1) is 28.6. The van der Waals surface area contributed by atoms with Gasteiger partial charge in [0, 0.05) is 11.3 Å². The maximum Gasteiger partial charge on any atom is 0.338 e. The van der Waals surface area contributed by atoms with Gasteiger partial charge in [0.15, 0.2) is 0 Å². The van der Waals surface area contributed by atoms with Crippen molar-refractivity contribution >= 4 is 29.1 Å². The smallest absolute Gasteiger partial charge is 0.338 e. The van der Waals surface area contributed by atoms with Crippen LogP contribution in [0.2, 0.25) is 0 Å². The number of hydrogen-bond donors (Lipinski definition) is 1. The van der Waals surface area contributed by atoms with Crippen molar-refractivity contribution in [3.8, 4) is 5.75 Å². The highest BCUT2D eigenvalue weighted by molar-refractivity contribution is 6.51. The molecule has 1 heterocycles. The lowest BCUT2D eigenvalue weighted by Crippen LogP contribution is -2.29. The molecule has 1 aliphatic rings. The van der Waals surface area contributed by atoms with E-state index in [0.29, 0.717) is 41.3 Å². The zero-order valence-electron chi connectivity index (χ0n) is 23.6. The minimum atomic E-state index is -0.866. The van der Waals surface area contributed by atoms with Crippen molar-refractivity contribution < 1.29 is 29.0 Å². The van der Waals surface area contributed by atoms with Crippen molar-refractivity contribution in [1.82, 2.24) is 0 Å². The second-order valence-corrected chi connectivity index (χ2v) is 10.5. The molecule has 1 fully saturated rings. The van der Waals surface area contributed by atoms with Crippen LogP contribution in [0.4, 0.5) is 5.69 Å². The van der Waals surface area contributed by atoms with Gasteiger partial charge in [-0.05, 0) is 79.8 Å². The Balaban J connectivity index is 1.78. The molecule has 40 heavy (non-hydrogen) atoms. The molecule has 4 rings (SSSR count). The van der Waals surface area contributed by atoms with Gasteiger partial charge in [-0.15, -0.1) is 0 Å². The Bertz CT molecular complexity index is 1450. The third-order valence-corrected chi connectivity index (χ3v) is 6.64. The largest absolute Gasteiger partial charge is 0.507 e. The van der Waals surface area contributed by atoms with E-state index in [9.17, 15) is 19.5 Å². The predicted molar refractivity (Wildman–Crippen MR) is 154 cm³/mol. The molecule has 0 bridgehead atoms. The average Bonchev–Trinajstić information content (AvgIpc) is 3.20. The van der Waals surface area contributed by atoms with Crippen molar-refractivity contribution in [2.45, 2.75) is 47.1 Å². The van der Waals surface area contributed by atoms with Crippen LogP contribution in [0.25, 0.3) is 5.76 Å². The molecule has 1 aliphatic heterocycles. The summed E-state index contributed by atoms with van der Waals surface area (Å²) in [6.45, 7) is 10.6. The molecule has 7 nitrogen and oxygen atoms in total. The van der Waals surface area contributed by atoms with Gasteiger partial charge in [-0.25, -0.2) is 4.79 Å². The number of esters is 1. The van der Waals surface area contributed by atoms with Gasteiger partial charge in [0.25, 0.3) is 11.7 Å². The van der Waals surface area contributed by atoms with Crippen LogP contribution in [0.5, 0.6) is 5.75 Å². The van der Waals surface area contributed by atoms with Gasteiger partial charge in [-0.1, -0.05) is 50.6 Å². The molecular weight excluding hydrogens is 506 g/mol. The molecule has 3 aromatic rings. The highest BCUT2D eigenvalue weighted by Gasteiger charge is 2.47. The molecule has 7 heteroatoms. The SMILES string of the molecule is CCCOc1ccc(/C(O)=C2/C(=O)C(=O)N(c3ccc(C(=O)OCC(C)C)cc3)C2c2cccc(C)c2)cc1C. The normalized spacial score (nSPS) is 16.4. The van der Waals surface area contributed by atoms with Crippen LogP contribution < -0.4 is 9.64 Å². The summed E-state index contributed by atoms with van der Waals surface area (Å²) in [6.07, 6.45) is 0.862. The Morgan fingerprint density at radius 3 is 2.30 bits per heavy atom. The maximum atomic E-state index is 13.5. The summed E-state index contributed by atoms with van der Waals surface area (Å²) in [5.41, 5.74) is 3.61. The molecule has 208 valence electrons. The van der Waals surface area contributed by atoms with E-state index in [2.05, 4.69) is 0 Å². The summed E-state index contributed by atoms with van der Waals surface area (Å²) < 4.78 is 11.1. The number of ketones is 1. The monoisotopic (exact) mass is 541 g/mol. The number of carbonyl (C=O) groups excluding carboxylic acids is 3. The third kappa shape index (κ3) is 5.93. The third-order valence-electron chi connectivity index (χ3n) is 6.64. The lowest BCUT2D eigenvalue weighted by atomic mass is 9.93. The van der Waals surface area contributed by atoms with Crippen LogP contribution in [-0.4, -0.2) is 36.0 Å². The molecule has 1 unspecified atom stereocenters. The first-order valence-corrected chi connectivity index (χ1v) is 13.5.